The minimum Gasteiger partial charge on any atom is -0.355 e. The van der Waals surface area contributed by atoms with E-state index in [-0.39, 0.29) is 17.6 Å². The Hall–Kier alpha value is -3.48. The van der Waals surface area contributed by atoms with Crippen LogP contribution in [0.25, 0.3) is 22.4 Å². The average Bonchev–Trinajstić information content (AvgIpc) is 3.29. The number of aromatic amines is 1. The molecule has 3 heterocycles. The fourth-order valence-corrected chi connectivity index (χ4v) is 2.54. The zero-order chi connectivity index (χ0) is 17.2. The topological polar surface area (TPSA) is 96.7 Å². The van der Waals surface area contributed by atoms with E-state index in [0.29, 0.717) is 11.6 Å². The molecule has 7 nitrogen and oxygen atoms in total. The Morgan fingerprint density at radius 1 is 1.24 bits per heavy atom. The summed E-state index contributed by atoms with van der Waals surface area (Å²) < 4.78 is 5.23. The number of carbonyl (C=O) groups is 1. The standard InChI is InChI=1S/C18H15N5O2/c1-11(17-21-13-6-2-3-7-14(13)22-17)20-18(24)15-9-16(25-23-15)12-5-4-8-19-10-12/h2-11H,1H3,(H,20,24)(H,21,22). The zero-order valence-electron chi connectivity index (χ0n) is 13.4. The number of para-hydroxylation sites is 2. The Kier molecular flexibility index (Phi) is 3.74. The number of nitrogens with zero attached hydrogens (tertiary/aromatic N) is 3. The average molecular weight is 333 g/mol. The van der Waals surface area contributed by atoms with E-state index in [0.717, 1.165) is 16.6 Å². The number of aromatic nitrogens is 4. The number of hydrogen-bond acceptors (Lipinski definition) is 5. The Labute approximate surface area is 143 Å². The largest absolute Gasteiger partial charge is 0.355 e. The maximum Gasteiger partial charge on any atom is 0.274 e. The molecule has 1 aromatic carbocycles. The van der Waals surface area contributed by atoms with Gasteiger partial charge in [-0.2, -0.15) is 0 Å². The molecule has 2 N–H and O–H groups in total. The van der Waals surface area contributed by atoms with Crippen LogP contribution in [0.5, 0.6) is 0 Å². The van der Waals surface area contributed by atoms with Gasteiger partial charge in [0.15, 0.2) is 11.5 Å². The smallest absolute Gasteiger partial charge is 0.274 e. The second-order valence-electron chi connectivity index (χ2n) is 5.65. The van der Waals surface area contributed by atoms with Crippen molar-refractivity contribution in [1.29, 1.82) is 0 Å². The van der Waals surface area contributed by atoms with Crippen molar-refractivity contribution in [2.45, 2.75) is 13.0 Å². The van der Waals surface area contributed by atoms with Crippen LogP contribution in [0.15, 0.2) is 59.4 Å². The summed E-state index contributed by atoms with van der Waals surface area (Å²) in [4.78, 5) is 24.1. The van der Waals surface area contributed by atoms with Crippen LogP contribution in [0.2, 0.25) is 0 Å². The number of H-pyrrole nitrogens is 1. The van der Waals surface area contributed by atoms with Gasteiger partial charge in [-0.15, -0.1) is 0 Å². The van der Waals surface area contributed by atoms with Crippen molar-refractivity contribution in [3.63, 3.8) is 0 Å². The summed E-state index contributed by atoms with van der Waals surface area (Å²) in [5.41, 5.74) is 2.76. The first kappa shape index (κ1) is 15.1. The molecule has 25 heavy (non-hydrogen) atoms. The second-order valence-corrected chi connectivity index (χ2v) is 5.65. The molecule has 4 aromatic rings. The number of hydrogen-bond donors (Lipinski definition) is 2. The Bertz CT molecular complexity index is 989. The molecule has 3 aromatic heterocycles. The van der Waals surface area contributed by atoms with Crippen LogP contribution in [-0.4, -0.2) is 26.0 Å². The molecular formula is C18H15N5O2. The lowest BCUT2D eigenvalue weighted by atomic mass is 10.2. The van der Waals surface area contributed by atoms with E-state index >= 15 is 0 Å². The van der Waals surface area contributed by atoms with E-state index in [9.17, 15) is 4.79 Å². The molecule has 1 amide bonds. The summed E-state index contributed by atoms with van der Waals surface area (Å²) in [7, 11) is 0. The van der Waals surface area contributed by atoms with Gasteiger partial charge in [0.25, 0.3) is 5.91 Å². The van der Waals surface area contributed by atoms with Crippen LogP contribution in [0.3, 0.4) is 0 Å². The summed E-state index contributed by atoms with van der Waals surface area (Å²) >= 11 is 0. The Balaban J connectivity index is 1.51. The summed E-state index contributed by atoms with van der Waals surface area (Å²) in [5, 5.41) is 6.70. The van der Waals surface area contributed by atoms with Gasteiger partial charge in [0.2, 0.25) is 0 Å². The van der Waals surface area contributed by atoms with Crippen LogP contribution in [-0.2, 0) is 0 Å². The highest BCUT2D eigenvalue weighted by Gasteiger charge is 2.18. The zero-order valence-corrected chi connectivity index (χ0v) is 13.4. The molecule has 0 aliphatic rings. The van der Waals surface area contributed by atoms with E-state index in [1.54, 1.807) is 24.5 Å². The van der Waals surface area contributed by atoms with Crippen LogP contribution in [0, 0.1) is 0 Å². The van der Waals surface area contributed by atoms with Crippen molar-refractivity contribution >= 4 is 16.9 Å². The molecule has 0 aliphatic heterocycles. The van der Waals surface area contributed by atoms with Crippen molar-refractivity contribution in [1.82, 2.24) is 25.4 Å². The predicted octanol–water partition coefficient (Wildman–Crippen LogP) is 3.10. The third-order valence-corrected chi connectivity index (χ3v) is 3.85. The van der Waals surface area contributed by atoms with Gasteiger partial charge in [0.1, 0.15) is 5.82 Å². The Morgan fingerprint density at radius 3 is 2.92 bits per heavy atom. The molecule has 0 aliphatic carbocycles. The molecule has 0 radical (unpaired) electrons. The van der Waals surface area contributed by atoms with Crippen LogP contribution < -0.4 is 5.32 Å². The van der Waals surface area contributed by atoms with Gasteiger partial charge in [-0.3, -0.25) is 9.78 Å². The number of benzene rings is 1. The van der Waals surface area contributed by atoms with Crippen LogP contribution in [0.1, 0.15) is 29.3 Å². The van der Waals surface area contributed by atoms with Gasteiger partial charge in [0.05, 0.1) is 17.1 Å². The lowest BCUT2D eigenvalue weighted by Gasteiger charge is -2.09. The molecule has 124 valence electrons. The highest BCUT2D eigenvalue weighted by Crippen LogP contribution is 2.20. The number of fused-ring (bicyclic) bond motifs is 1. The molecule has 0 spiro atoms. The first-order chi connectivity index (χ1) is 12.2. The third kappa shape index (κ3) is 2.99. The number of nitrogens with one attached hydrogen (secondary N) is 2. The molecule has 0 saturated carbocycles. The monoisotopic (exact) mass is 333 g/mol. The lowest BCUT2D eigenvalue weighted by Crippen LogP contribution is -2.27. The molecule has 7 heteroatoms. The van der Waals surface area contributed by atoms with E-state index in [4.69, 9.17) is 4.52 Å². The molecule has 0 saturated heterocycles. The minimum absolute atomic E-state index is 0.210. The fraction of sp³-hybridized carbons (Fsp3) is 0.111. The molecule has 0 bridgehead atoms. The molecule has 4 rings (SSSR count). The highest BCUT2D eigenvalue weighted by molar-refractivity contribution is 5.93. The molecule has 0 fully saturated rings. The van der Waals surface area contributed by atoms with Crippen LogP contribution >= 0.6 is 0 Å². The quantitative estimate of drug-likeness (QED) is 0.598. The maximum atomic E-state index is 12.4. The third-order valence-electron chi connectivity index (χ3n) is 3.85. The first-order valence-electron chi connectivity index (χ1n) is 7.83. The molecular weight excluding hydrogens is 318 g/mol. The number of pyridine rings is 1. The summed E-state index contributed by atoms with van der Waals surface area (Å²) in [5.74, 6) is 0.854. The predicted molar refractivity (Wildman–Crippen MR) is 91.7 cm³/mol. The van der Waals surface area contributed by atoms with Gasteiger partial charge in [0, 0.05) is 24.0 Å². The van der Waals surface area contributed by atoms with Gasteiger partial charge in [-0.25, -0.2) is 4.98 Å². The van der Waals surface area contributed by atoms with Crippen molar-refractivity contribution in [2.24, 2.45) is 0 Å². The maximum absolute atomic E-state index is 12.4. The van der Waals surface area contributed by atoms with E-state index in [1.165, 1.54) is 0 Å². The highest BCUT2D eigenvalue weighted by atomic mass is 16.5. The van der Waals surface area contributed by atoms with E-state index in [1.807, 2.05) is 37.3 Å². The first-order valence-corrected chi connectivity index (χ1v) is 7.83. The summed E-state index contributed by atoms with van der Waals surface area (Å²) in [6, 6.07) is 12.7. The van der Waals surface area contributed by atoms with Crippen LogP contribution in [0.4, 0.5) is 0 Å². The van der Waals surface area contributed by atoms with Crippen molar-refractivity contribution < 1.29 is 9.32 Å². The number of imidazole rings is 1. The van der Waals surface area contributed by atoms with Gasteiger partial charge < -0.3 is 14.8 Å². The molecule has 1 unspecified atom stereocenters. The van der Waals surface area contributed by atoms with E-state index < -0.39 is 0 Å². The van der Waals surface area contributed by atoms with Gasteiger partial charge in [-0.1, -0.05) is 17.3 Å². The van der Waals surface area contributed by atoms with Crippen molar-refractivity contribution in [3.8, 4) is 11.3 Å². The lowest BCUT2D eigenvalue weighted by molar-refractivity contribution is 0.0929. The van der Waals surface area contributed by atoms with Crippen molar-refractivity contribution in [2.75, 3.05) is 0 Å². The van der Waals surface area contributed by atoms with Gasteiger partial charge >= 0.3 is 0 Å². The summed E-state index contributed by atoms with van der Waals surface area (Å²) in [6.45, 7) is 1.86. The normalized spacial score (nSPS) is 12.2. The SMILES string of the molecule is CC(NC(=O)c1cc(-c2cccnc2)on1)c1nc2ccccc2[nH]1. The van der Waals surface area contributed by atoms with Crippen molar-refractivity contribution in [3.05, 3.63) is 66.4 Å². The number of rotatable bonds is 4. The van der Waals surface area contributed by atoms with Gasteiger partial charge in [-0.05, 0) is 31.2 Å². The summed E-state index contributed by atoms with van der Waals surface area (Å²) in [6.07, 6.45) is 3.32. The molecule has 1 atom stereocenters. The Morgan fingerprint density at radius 2 is 2.12 bits per heavy atom. The van der Waals surface area contributed by atoms with E-state index in [2.05, 4.69) is 25.4 Å². The second kappa shape index (κ2) is 6.20. The minimum atomic E-state index is -0.327. The number of carbonyl (C=O) groups excluding carboxylic acids is 1. The number of amides is 1. The fourth-order valence-electron chi connectivity index (χ4n) is 2.54.